The van der Waals surface area contributed by atoms with Crippen molar-refractivity contribution >= 4 is 10.0 Å². The highest BCUT2D eigenvalue weighted by atomic mass is 32.2. The van der Waals surface area contributed by atoms with Crippen molar-refractivity contribution in [2.45, 2.75) is 43.4 Å². The number of hydrogen-bond donors (Lipinski definition) is 1. The van der Waals surface area contributed by atoms with Gasteiger partial charge in [0.05, 0.1) is 17.4 Å². The van der Waals surface area contributed by atoms with Crippen LogP contribution in [0.2, 0.25) is 0 Å². The highest BCUT2D eigenvalue weighted by Crippen LogP contribution is 2.53. The molecule has 0 unspecified atom stereocenters. The molecule has 1 aliphatic heterocycles. The van der Waals surface area contributed by atoms with Crippen LogP contribution in [0.5, 0.6) is 0 Å². The number of nitrogens with one attached hydrogen (secondary N) is 1. The first-order valence-corrected chi connectivity index (χ1v) is 9.97. The molecule has 25 heavy (non-hydrogen) atoms. The summed E-state index contributed by atoms with van der Waals surface area (Å²) in [6.07, 6.45) is -1.15. The Balaban J connectivity index is 1.99. The summed E-state index contributed by atoms with van der Waals surface area (Å²) in [7, 11) is -3.64. The van der Waals surface area contributed by atoms with Crippen molar-refractivity contribution in [3.8, 4) is 0 Å². The Morgan fingerprint density at radius 2 is 2.00 bits per heavy atom. The van der Waals surface area contributed by atoms with E-state index in [-0.39, 0.29) is 18.2 Å². The van der Waals surface area contributed by atoms with Crippen molar-refractivity contribution in [2.24, 2.45) is 0 Å². The zero-order valence-corrected chi connectivity index (χ0v) is 14.6. The summed E-state index contributed by atoms with van der Waals surface area (Å²) in [6, 6.07) is 2.77. The second-order valence-corrected chi connectivity index (χ2v) is 8.72. The van der Waals surface area contributed by atoms with Crippen LogP contribution in [0.15, 0.2) is 18.2 Å². The van der Waals surface area contributed by atoms with E-state index in [0.717, 1.165) is 37.8 Å². The van der Waals surface area contributed by atoms with Gasteiger partial charge in [-0.05, 0) is 49.9 Å². The molecule has 0 radical (unpaired) electrons. The molecule has 1 aromatic carbocycles. The van der Waals surface area contributed by atoms with Gasteiger partial charge in [-0.3, -0.25) is 0 Å². The van der Waals surface area contributed by atoms with E-state index in [1.54, 1.807) is 0 Å². The molecule has 1 saturated heterocycles. The van der Waals surface area contributed by atoms with Gasteiger partial charge in [-0.1, -0.05) is 6.07 Å². The van der Waals surface area contributed by atoms with Gasteiger partial charge in [0.15, 0.2) is 0 Å². The molecule has 9 heteroatoms. The summed E-state index contributed by atoms with van der Waals surface area (Å²) < 4.78 is 78.6. The van der Waals surface area contributed by atoms with Gasteiger partial charge in [-0.2, -0.15) is 17.5 Å². The Bertz CT molecular complexity index is 754. The molecule has 2 fully saturated rings. The monoisotopic (exact) mass is 380 g/mol. The van der Waals surface area contributed by atoms with Crippen molar-refractivity contribution in [3.63, 3.8) is 0 Å². The molecule has 2 aliphatic rings. The Morgan fingerprint density at radius 3 is 2.48 bits per heavy atom. The molecule has 0 aromatic heterocycles. The molecule has 1 heterocycles. The van der Waals surface area contributed by atoms with Crippen LogP contribution in [0, 0.1) is 5.82 Å². The summed E-state index contributed by atoms with van der Waals surface area (Å²) >= 11 is 0. The second-order valence-electron chi connectivity index (χ2n) is 6.81. The first-order chi connectivity index (χ1) is 11.5. The van der Waals surface area contributed by atoms with E-state index in [4.69, 9.17) is 0 Å². The van der Waals surface area contributed by atoms with Crippen LogP contribution >= 0.6 is 0 Å². The molecule has 1 N–H and O–H groups in total. The third kappa shape index (κ3) is 3.68. The smallest absolute Gasteiger partial charge is 0.313 e. The summed E-state index contributed by atoms with van der Waals surface area (Å²) in [6.45, 7) is 1.00. The van der Waals surface area contributed by atoms with Crippen LogP contribution in [0.25, 0.3) is 0 Å². The molecule has 140 valence electrons. The van der Waals surface area contributed by atoms with Crippen LogP contribution in [0.3, 0.4) is 0 Å². The molecule has 1 saturated carbocycles. The highest BCUT2D eigenvalue weighted by molar-refractivity contribution is 7.88. The number of nitrogens with zero attached hydrogens (tertiary/aromatic N) is 1. The lowest BCUT2D eigenvalue weighted by Gasteiger charge is -2.32. The van der Waals surface area contributed by atoms with Gasteiger partial charge in [-0.25, -0.2) is 12.8 Å². The van der Waals surface area contributed by atoms with Crippen molar-refractivity contribution < 1.29 is 26.0 Å². The minimum absolute atomic E-state index is 0.0188. The van der Waals surface area contributed by atoms with Crippen molar-refractivity contribution in [1.82, 2.24) is 9.62 Å². The first-order valence-electron chi connectivity index (χ1n) is 8.12. The number of benzene rings is 1. The van der Waals surface area contributed by atoms with E-state index in [0.29, 0.717) is 12.8 Å². The minimum Gasteiger partial charge on any atom is -0.313 e. The van der Waals surface area contributed by atoms with E-state index >= 15 is 0 Å². The molecular formula is C16H20F4N2O2S. The molecule has 3 rings (SSSR count). The average molecular weight is 380 g/mol. The van der Waals surface area contributed by atoms with Gasteiger partial charge in [0, 0.05) is 12.6 Å². The normalized spacial score (nSPS) is 23.2. The fourth-order valence-corrected chi connectivity index (χ4v) is 4.95. The highest BCUT2D eigenvalue weighted by Gasteiger charge is 2.54. The summed E-state index contributed by atoms with van der Waals surface area (Å²) in [5.74, 6) is -1.35. The first kappa shape index (κ1) is 18.6. The number of hydrogen-bond acceptors (Lipinski definition) is 3. The maximum atomic E-state index is 13.6. The standard InChI is InChI=1S/C16H20F4N2O2S/c1-25(23,24)22(10-12-3-2-8-21-12)15(6-7-15)11-4-5-14(17)13(9-11)16(18,19)20/h4-5,9,12,21H,2-3,6-8,10H2,1H3/t12-/m0/s1. The molecule has 1 aliphatic carbocycles. The van der Waals surface area contributed by atoms with Crippen LogP contribution in [-0.2, 0) is 21.7 Å². The van der Waals surface area contributed by atoms with Gasteiger partial charge in [0.1, 0.15) is 5.82 Å². The number of halogens is 4. The van der Waals surface area contributed by atoms with Crippen molar-refractivity contribution in [3.05, 3.63) is 35.1 Å². The van der Waals surface area contributed by atoms with E-state index < -0.39 is 33.1 Å². The quantitative estimate of drug-likeness (QED) is 0.800. The number of alkyl halides is 3. The lowest BCUT2D eigenvalue weighted by molar-refractivity contribution is -0.140. The van der Waals surface area contributed by atoms with Gasteiger partial charge in [0.25, 0.3) is 0 Å². The summed E-state index contributed by atoms with van der Waals surface area (Å²) in [4.78, 5) is 0. The van der Waals surface area contributed by atoms with Crippen LogP contribution in [0.1, 0.15) is 36.8 Å². The Labute approximate surface area is 144 Å². The minimum atomic E-state index is -4.82. The third-order valence-corrected chi connectivity index (χ3v) is 6.26. The Morgan fingerprint density at radius 1 is 1.32 bits per heavy atom. The van der Waals surface area contributed by atoms with E-state index in [9.17, 15) is 26.0 Å². The second kappa shape index (κ2) is 6.21. The van der Waals surface area contributed by atoms with Gasteiger partial charge in [-0.15, -0.1) is 0 Å². The van der Waals surface area contributed by atoms with Crippen LogP contribution in [-0.4, -0.2) is 38.1 Å². The van der Waals surface area contributed by atoms with Gasteiger partial charge >= 0.3 is 6.18 Å². The van der Waals surface area contributed by atoms with Gasteiger partial charge < -0.3 is 5.32 Å². The van der Waals surface area contributed by atoms with E-state index in [2.05, 4.69) is 5.32 Å². The molecule has 0 spiro atoms. The van der Waals surface area contributed by atoms with E-state index in [1.165, 1.54) is 10.4 Å². The lowest BCUT2D eigenvalue weighted by atomic mass is 10.0. The summed E-state index contributed by atoms with van der Waals surface area (Å²) in [5, 5.41) is 3.21. The predicted octanol–water partition coefficient (Wildman–Crippen LogP) is 2.85. The topological polar surface area (TPSA) is 49.4 Å². The fraction of sp³-hybridized carbons (Fsp3) is 0.625. The van der Waals surface area contributed by atoms with E-state index in [1.807, 2.05) is 0 Å². The largest absolute Gasteiger partial charge is 0.419 e. The summed E-state index contributed by atoms with van der Waals surface area (Å²) in [5.41, 5.74) is -2.17. The number of sulfonamides is 1. The van der Waals surface area contributed by atoms with Crippen molar-refractivity contribution in [2.75, 3.05) is 19.3 Å². The van der Waals surface area contributed by atoms with Crippen molar-refractivity contribution in [1.29, 1.82) is 0 Å². The predicted molar refractivity (Wildman–Crippen MR) is 84.9 cm³/mol. The molecule has 0 amide bonds. The third-order valence-electron chi connectivity index (χ3n) is 4.96. The maximum absolute atomic E-state index is 13.6. The SMILES string of the molecule is CS(=O)(=O)N(C[C@@H]1CCCN1)C1(c2ccc(F)c(C(F)(F)F)c2)CC1. The zero-order chi connectivity index (χ0) is 18.5. The average Bonchev–Trinajstić information content (AvgIpc) is 3.11. The zero-order valence-electron chi connectivity index (χ0n) is 13.7. The lowest BCUT2D eigenvalue weighted by Crippen LogP contribution is -2.46. The molecule has 0 bridgehead atoms. The number of rotatable bonds is 5. The molecule has 1 aromatic rings. The molecule has 4 nitrogen and oxygen atoms in total. The van der Waals surface area contributed by atoms with Crippen LogP contribution < -0.4 is 5.32 Å². The maximum Gasteiger partial charge on any atom is 0.419 e. The van der Waals surface area contributed by atoms with Crippen LogP contribution in [0.4, 0.5) is 17.6 Å². The Hall–Kier alpha value is -1.19. The van der Waals surface area contributed by atoms with Gasteiger partial charge in [0.2, 0.25) is 10.0 Å². The molecule has 1 atom stereocenters. The fourth-order valence-electron chi connectivity index (χ4n) is 3.57. The Kier molecular flexibility index (Phi) is 4.62. The molecular weight excluding hydrogens is 360 g/mol.